The molecule has 0 rings (SSSR count). The zero-order valence-corrected chi connectivity index (χ0v) is 12.8. The molecule has 1 atom stereocenters. The summed E-state index contributed by atoms with van der Waals surface area (Å²) in [5, 5.41) is 5.95. The molecule has 0 saturated carbocycles. The Morgan fingerprint density at radius 1 is 1.26 bits per heavy atom. The molecule has 0 bridgehead atoms. The summed E-state index contributed by atoms with van der Waals surface area (Å²) in [6.07, 6.45) is 3.47. The van der Waals surface area contributed by atoms with Gasteiger partial charge < -0.3 is 20.1 Å². The van der Waals surface area contributed by atoms with E-state index in [9.17, 15) is 4.79 Å². The van der Waals surface area contributed by atoms with Crippen LogP contribution in [0, 0.1) is 0 Å². The monoisotopic (exact) mass is 272 g/mol. The third-order valence-corrected chi connectivity index (χ3v) is 2.09. The third kappa shape index (κ3) is 13.2. The average Bonchev–Trinajstić information content (AvgIpc) is 2.28. The number of hydrogen-bond donors (Lipinski definition) is 2. The highest BCUT2D eigenvalue weighted by atomic mass is 16.6. The van der Waals surface area contributed by atoms with E-state index in [4.69, 9.17) is 9.47 Å². The van der Waals surface area contributed by atoms with Crippen LogP contribution in [0.4, 0.5) is 4.79 Å². The van der Waals surface area contributed by atoms with E-state index < -0.39 is 11.7 Å². The van der Waals surface area contributed by atoms with E-state index in [1.165, 1.54) is 0 Å². The van der Waals surface area contributed by atoms with Crippen molar-refractivity contribution in [3.8, 4) is 0 Å². The van der Waals surface area contributed by atoms with E-state index in [0.29, 0.717) is 19.2 Å². The molecular weight excluding hydrogens is 244 g/mol. The van der Waals surface area contributed by atoms with Crippen molar-refractivity contribution in [3.63, 3.8) is 0 Å². The second kappa shape index (κ2) is 9.81. The normalized spacial score (nSPS) is 13.5. The molecule has 0 aliphatic heterocycles. The van der Waals surface area contributed by atoms with Crippen molar-refractivity contribution in [1.82, 2.24) is 10.6 Å². The Bertz CT molecular complexity index is 272. The second-order valence-corrected chi connectivity index (χ2v) is 5.32. The van der Waals surface area contributed by atoms with Crippen molar-refractivity contribution in [1.29, 1.82) is 0 Å². The summed E-state index contributed by atoms with van der Waals surface area (Å²) in [7, 11) is 0. The van der Waals surface area contributed by atoms with Crippen LogP contribution in [0.5, 0.6) is 0 Å². The molecule has 0 aromatic carbocycles. The molecule has 1 unspecified atom stereocenters. The van der Waals surface area contributed by atoms with Gasteiger partial charge in [-0.3, -0.25) is 0 Å². The first-order chi connectivity index (χ1) is 8.85. The van der Waals surface area contributed by atoms with Gasteiger partial charge in [-0.15, -0.1) is 0 Å². The number of nitrogens with one attached hydrogen (secondary N) is 2. The first-order valence-corrected chi connectivity index (χ1v) is 6.78. The number of rotatable bonds is 8. The van der Waals surface area contributed by atoms with Crippen molar-refractivity contribution in [2.45, 2.75) is 46.3 Å². The highest BCUT2D eigenvalue weighted by molar-refractivity contribution is 5.67. The fourth-order valence-corrected chi connectivity index (χ4v) is 1.25. The minimum Gasteiger partial charge on any atom is -0.444 e. The Morgan fingerprint density at radius 3 is 2.47 bits per heavy atom. The number of amides is 1. The van der Waals surface area contributed by atoms with Gasteiger partial charge in [-0.05, 0) is 34.6 Å². The maximum Gasteiger partial charge on any atom is 0.407 e. The lowest BCUT2D eigenvalue weighted by Gasteiger charge is -2.19. The number of hydrogen-bond acceptors (Lipinski definition) is 4. The summed E-state index contributed by atoms with van der Waals surface area (Å²) in [4.78, 5) is 11.3. The maximum atomic E-state index is 11.3. The SMILES string of the molecule is CCOCC(C)NC/C=C/CNC(=O)OC(C)(C)C. The molecule has 0 heterocycles. The topological polar surface area (TPSA) is 59.6 Å². The molecule has 2 N–H and O–H groups in total. The Balaban J connectivity index is 3.56. The van der Waals surface area contributed by atoms with Gasteiger partial charge in [0.1, 0.15) is 5.60 Å². The van der Waals surface area contributed by atoms with Crippen LogP contribution < -0.4 is 10.6 Å². The highest BCUT2D eigenvalue weighted by Gasteiger charge is 2.14. The minimum absolute atomic E-state index is 0.323. The summed E-state index contributed by atoms with van der Waals surface area (Å²) in [5.74, 6) is 0. The Labute approximate surface area is 116 Å². The zero-order valence-electron chi connectivity index (χ0n) is 12.8. The van der Waals surface area contributed by atoms with Crippen LogP contribution in [0.2, 0.25) is 0 Å². The van der Waals surface area contributed by atoms with Crippen LogP contribution in [0.25, 0.3) is 0 Å². The summed E-state index contributed by atoms with van der Waals surface area (Å²) in [6, 6.07) is 0.323. The van der Waals surface area contributed by atoms with E-state index >= 15 is 0 Å². The predicted molar refractivity (Wildman–Crippen MR) is 77.3 cm³/mol. The van der Waals surface area contributed by atoms with Gasteiger partial charge in [0.25, 0.3) is 0 Å². The van der Waals surface area contributed by atoms with Crippen LogP contribution >= 0.6 is 0 Å². The maximum absolute atomic E-state index is 11.3. The molecule has 0 spiro atoms. The fraction of sp³-hybridized carbons (Fsp3) is 0.786. The lowest BCUT2D eigenvalue weighted by molar-refractivity contribution is 0.0534. The van der Waals surface area contributed by atoms with Crippen LogP contribution in [0.3, 0.4) is 0 Å². The van der Waals surface area contributed by atoms with Gasteiger partial charge in [0.15, 0.2) is 0 Å². The molecule has 0 radical (unpaired) electrons. The smallest absolute Gasteiger partial charge is 0.407 e. The lowest BCUT2D eigenvalue weighted by atomic mass is 10.2. The van der Waals surface area contributed by atoms with Gasteiger partial charge in [-0.1, -0.05) is 12.2 Å². The van der Waals surface area contributed by atoms with E-state index in [-0.39, 0.29) is 0 Å². The molecule has 19 heavy (non-hydrogen) atoms. The van der Waals surface area contributed by atoms with Crippen molar-refractivity contribution in [2.24, 2.45) is 0 Å². The number of alkyl carbamates (subject to hydrolysis) is 1. The Kier molecular flexibility index (Phi) is 9.26. The van der Waals surface area contributed by atoms with Crippen molar-refractivity contribution in [3.05, 3.63) is 12.2 Å². The molecule has 5 nitrogen and oxygen atoms in total. The largest absolute Gasteiger partial charge is 0.444 e. The second-order valence-electron chi connectivity index (χ2n) is 5.32. The Morgan fingerprint density at radius 2 is 1.89 bits per heavy atom. The van der Waals surface area contributed by atoms with Gasteiger partial charge in [-0.25, -0.2) is 4.79 Å². The average molecular weight is 272 g/mol. The van der Waals surface area contributed by atoms with Crippen LogP contribution in [-0.2, 0) is 9.47 Å². The lowest BCUT2D eigenvalue weighted by Crippen LogP contribution is -2.33. The van der Waals surface area contributed by atoms with Crippen molar-refractivity contribution in [2.75, 3.05) is 26.3 Å². The van der Waals surface area contributed by atoms with Crippen molar-refractivity contribution >= 4 is 6.09 Å². The van der Waals surface area contributed by atoms with Gasteiger partial charge in [0.05, 0.1) is 6.61 Å². The zero-order chi connectivity index (χ0) is 14.7. The van der Waals surface area contributed by atoms with E-state index in [0.717, 1.165) is 13.2 Å². The minimum atomic E-state index is -0.454. The summed E-state index contributed by atoms with van der Waals surface area (Å²) >= 11 is 0. The fourth-order valence-electron chi connectivity index (χ4n) is 1.25. The first-order valence-electron chi connectivity index (χ1n) is 6.78. The van der Waals surface area contributed by atoms with Crippen LogP contribution in [0.1, 0.15) is 34.6 Å². The molecule has 0 fully saturated rings. The molecule has 0 saturated heterocycles. The molecule has 0 aromatic rings. The molecule has 1 amide bonds. The molecule has 0 aliphatic rings. The molecule has 112 valence electrons. The van der Waals surface area contributed by atoms with E-state index in [1.54, 1.807) is 0 Å². The van der Waals surface area contributed by atoms with Gasteiger partial charge in [-0.2, -0.15) is 0 Å². The van der Waals surface area contributed by atoms with Gasteiger partial charge >= 0.3 is 6.09 Å². The third-order valence-electron chi connectivity index (χ3n) is 2.09. The molecule has 5 heteroatoms. The number of ether oxygens (including phenoxy) is 2. The summed E-state index contributed by atoms with van der Waals surface area (Å²) in [5.41, 5.74) is -0.454. The number of carbonyl (C=O) groups excluding carboxylic acids is 1. The Hall–Kier alpha value is -1.07. The quantitative estimate of drug-likeness (QED) is 0.664. The molecular formula is C14H28N2O3. The van der Waals surface area contributed by atoms with Gasteiger partial charge in [0.2, 0.25) is 0 Å². The van der Waals surface area contributed by atoms with Crippen molar-refractivity contribution < 1.29 is 14.3 Å². The molecule has 0 aliphatic carbocycles. The van der Waals surface area contributed by atoms with E-state index in [1.807, 2.05) is 39.8 Å². The number of carbonyl (C=O) groups is 1. The van der Waals surface area contributed by atoms with Crippen LogP contribution in [-0.4, -0.2) is 44.0 Å². The summed E-state index contributed by atoms with van der Waals surface area (Å²) < 4.78 is 10.4. The van der Waals surface area contributed by atoms with E-state index in [2.05, 4.69) is 17.6 Å². The molecule has 0 aromatic heterocycles. The standard InChI is InChI=1S/C14H28N2O3/c1-6-18-11-12(2)15-9-7-8-10-16-13(17)19-14(3,4)5/h7-8,12,15H,6,9-11H2,1-5H3,(H,16,17)/b8-7+. The van der Waals surface area contributed by atoms with Gasteiger partial charge in [0, 0.05) is 25.7 Å². The summed E-state index contributed by atoms with van der Waals surface area (Å²) in [6.45, 7) is 12.2. The predicted octanol–water partition coefficient (Wildman–Crippen LogP) is 2.08. The first kappa shape index (κ1) is 17.9. The highest BCUT2D eigenvalue weighted by Crippen LogP contribution is 2.05. The van der Waals surface area contributed by atoms with Crippen LogP contribution in [0.15, 0.2) is 12.2 Å².